The fourth-order valence-electron chi connectivity index (χ4n) is 9.51. The van der Waals surface area contributed by atoms with E-state index < -0.39 is 97.5 Å². The highest BCUT2D eigenvalue weighted by Gasteiger charge is 2.30. The first-order valence-corrected chi connectivity index (χ1v) is 41.1. The van der Waals surface area contributed by atoms with Crippen molar-refractivity contribution in [2.24, 2.45) is 0 Å². The highest BCUT2D eigenvalue weighted by atomic mass is 31.2. The molecule has 5 unspecified atom stereocenters. The van der Waals surface area contributed by atoms with Gasteiger partial charge in [0, 0.05) is 25.7 Å². The van der Waals surface area contributed by atoms with Crippen LogP contribution in [-0.2, 0) is 65.4 Å². The number of hydrogen-bond donors (Lipinski definition) is 3. The van der Waals surface area contributed by atoms with Gasteiger partial charge in [-0.1, -0.05) is 251 Å². The number of unbranched alkanes of at least 4 members (excludes halogenated alkanes) is 20. The predicted molar refractivity (Wildman–Crippen MR) is 408 cm³/mol. The molecule has 0 aromatic rings. The molecule has 19 heteroatoms. The molecule has 0 aromatic heterocycles. The number of aliphatic hydroxyl groups excluding tert-OH is 1. The fourth-order valence-corrected chi connectivity index (χ4v) is 11.1. The summed E-state index contributed by atoms with van der Waals surface area (Å²) in [4.78, 5) is 72.8. The van der Waals surface area contributed by atoms with Crippen molar-refractivity contribution in [3.63, 3.8) is 0 Å². The first-order valence-electron chi connectivity index (χ1n) is 38.1. The largest absolute Gasteiger partial charge is 0.472 e. The maximum atomic E-state index is 13.1. The normalized spacial score (nSPS) is 14.8. The van der Waals surface area contributed by atoms with E-state index in [9.17, 15) is 43.2 Å². The van der Waals surface area contributed by atoms with E-state index >= 15 is 0 Å². The number of ether oxygens (including phenoxy) is 4. The Hall–Kier alpha value is -5.06. The van der Waals surface area contributed by atoms with E-state index in [1.54, 1.807) is 0 Å². The third-order valence-electron chi connectivity index (χ3n) is 15.2. The van der Waals surface area contributed by atoms with Gasteiger partial charge in [-0.25, -0.2) is 9.13 Å². The van der Waals surface area contributed by atoms with Crippen LogP contribution in [0.4, 0.5) is 0 Å². The summed E-state index contributed by atoms with van der Waals surface area (Å²) in [6, 6.07) is 0. The van der Waals surface area contributed by atoms with E-state index in [4.69, 9.17) is 37.0 Å². The fraction of sp³-hybridized carbons (Fsp3) is 0.654. The minimum atomic E-state index is -4.99. The van der Waals surface area contributed by atoms with Gasteiger partial charge in [0.15, 0.2) is 12.2 Å². The van der Waals surface area contributed by atoms with E-state index in [2.05, 4.69) is 161 Å². The Morgan fingerprint density at radius 1 is 0.290 bits per heavy atom. The van der Waals surface area contributed by atoms with Gasteiger partial charge in [-0.05, 0) is 154 Å². The minimum Gasteiger partial charge on any atom is -0.462 e. The molecule has 570 valence electrons. The van der Waals surface area contributed by atoms with E-state index in [0.717, 1.165) is 173 Å². The number of aliphatic hydroxyl groups is 1. The van der Waals surface area contributed by atoms with Gasteiger partial charge in [-0.2, -0.15) is 0 Å². The Morgan fingerprint density at radius 2 is 0.550 bits per heavy atom. The highest BCUT2D eigenvalue weighted by Crippen LogP contribution is 2.45. The van der Waals surface area contributed by atoms with E-state index in [1.165, 1.54) is 25.7 Å². The summed E-state index contributed by atoms with van der Waals surface area (Å²) in [5.41, 5.74) is 0. The predicted octanol–water partition coefficient (Wildman–Crippen LogP) is 21.9. The molecule has 0 fully saturated rings. The monoisotopic (exact) mass is 1440 g/mol. The van der Waals surface area contributed by atoms with E-state index in [0.29, 0.717) is 32.1 Å². The second kappa shape index (κ2) is 72.3. The zero-order chi connectivity index (χ0) is 73.2. The Morgan fingerprint density at radius 3 is 0.890 bits per heavy atom. The van der Waals surface area contributed by atoms with Crippen molar-refractivity contribution in [2.45, 2.75) is 303 Å². The third kappa shape index (κ3) is 71.3. The van der Waals surface area contributed by atoms with Gasteiger partial charge in [-0.15, -0.1) is 0 Å². The first-order chi connectivity index (χ1) is 48.7. The lowest BCUT2D eigenvalue weighted by molar-refractivity contribution is -0.161. The zero-order valence-corrected chi connectivity index (χ0v) is 63.9. The van der Waals surface area contributed by atoms with Crippen LogP contribution in [-0.4, -0.2) is 96.7 Å². The lowest BCUT2D eigenvalue weighted by Gasteiger charge is -2.21. The maximum absolute atomic E-state index is 13.1. The maximum Gasteiger partial charge on any atom is 0.472 e. The van der Waals surface area contributed by atoms with Crippen LogP contribution >= 0.6 is 15.6 Å². The molecule has 17 nitrogen and oxygen atoms in total. The van der Waals surface area contributed by atoms with Crippen LogP contribution in [0.3, 0.4) is 0 Å². The highest BCUT2D eigenvalue weighted by molar-refractivity contribution is 7.47. The van der Waals surface area contributed by atoms with Crippen LogP contribution in [0.2, 0.25) is 0 Å². The molecule has 0 aromatic carbocycles. The van der Waals surface area contributed by atoms with Crippen LogP contribution in [0.1, 0.15) is 285 Å². The molecular formula is C81H134O17P2. The van der Waals surface area contributed by atoms with Crippen molar-refractivity contribution in [1.82, 2.24) is 0 Å². The van der Waals surface area contributed by atoms with Crippen LogP contribution in [0, 0.1) is 0 Å². The minimum absolute atomic E-state index is 0.0676. The van der Waals surface area contributed by atoms with Gasteiger partial charge in [0.25, 0.3) is 0 Å². The molecule has 3 N–H and O–H groups in total. The van der Waals surface area contributed by atoms with Crippen molar-refractivity contribution < 1.29 is 80.2 Å². The van der Waals surface area contributed by atoms with Gasteiger partial charge < -0.3 is 33.8 Å². The Balaban J connectivity index is 5.43. The Labute approximate surface area is 605 Å². The number of carbonyl (C=O) groups excluding carboxylic acids is 4. The van der Waals surface area contributed by atoms with Crippen molar-refractivity contribution in [2.75, 3.05) is 39.6 Å². The number of esters is 4. The molecule has 0 saturated heterocycles. The van der Waals surface area contributed by atoms with Gasteiger partial charge in [0.2, 0.25) is 0 Å². The van der Waals surface area contributed by atoms with Crippen LogP contribution in [0.15, 0.2) is 146 Å². The number of hydrogen-bond acceptors (Lipinski definition) is 15. The van der Waals surface area contributed by atoms with Gasteiger partial charge >= 0.3 is 39.5 Å². The molecule has 0 aliphatic heterocycles. The van der Waals surface area contributed by atoms with Crippen molar-refractivity contribution >= 4 is 39.5 Å². The quantitative estimate of drug-likeness (QED) is 0.0169. The second-order valence-corrected chi connectivity index (χ2v) is 27.7. The average molecular weight is 1440 g/mol. The van der Waals surface area contributed by atoms with Crippen LogP contribution in [0.25, 0.3) is 0 Å². The van der Waals surface area contributed by atoms with Crippen molar-refractivity contribution in [3.8, 4) is 0 Å². The molecule has 0 aliphatic carbocycles. The molecule has 100 heavy (non-hydrogen) atoms. The topological polar surface area (TPSA) is 237 Å². The summed E-state index contributed by atoms with van der Waals surface area (Å²) in [6.45, 7) is 4.43. The summed E-state index contributed by atoms with van der Waals surface area (Å²) < 4.78 is 68.4. The van der Waals surface area contributed by atoms with Crippen molar-refractivity contribution in [1.29, 1.82) is 0 Å². The summed E-state index contributed by atoms with van der Waals surface area (Å²) in [5, 5.41) is 10.6. The number of rotatable bonds is 70. The number of carbonyl (C=O) groups is 4. The molecule has 0 aliphatic rings. The third-order valence-corrected chi connectivity index (χ3v) is 17.2. The molecule has 0 rings (SSSR count). The summed E-state index contributed by atoms with van der Waals surface area (Å²) >= 11 is 0. The smallest absolute Gasteiger partial charge is 0.462 e. The number of allylic oxidation sites excluding steroid dienone is 24. The lowest BCUT2D eigenvalue weighted by atomic mass is 10.1. The van der Waals surface area contributed by atoms with Crippen molar-refractivity contribution in [3.05, 3.63) is 146 Å². The molecule has 0 spiro atoms. The number of phosphoric ester groups is 2. The van der Waals surface area contributed by atoms with Crippen LogP contribution < -0.4 is 0 Å². The average Bonchev–Trinajstić information content (AvgIpc) is 0.943. The molecule has 0 saturated carbocycles. The SMILES string of the molecule is CC/C=C\C/C=C\C/C=C\C/C=C\C/C=C\CCCC(=O)OCC(COP(=O)(O)OCC(O)COP(=O)(O)OCC(COC(=O)CCCCCC/C=C\C/C=C\C/C=C\C/C=C\CC)OC(=O)CCCCCCC/C=C\C/C=C\CCC)OC(=O)CCCCCCC/C=C\CCCCCC. The summed E-state index contributed by atoms with van der Waals surface area (Å²) in [7, 11) is -9.99. The molecule has 0 bridgehead atoms. The molecule has 0 heterocycles. The van der Waals surface area contributed by atoms with Gasteiger partial charge in [-0.3, -0.25) is 37.3 Å². The molecule has 0 radical (unpaired) electrons. The molecular weight excluding hydrogens is 1310 g/mol. The lowest BCUT2D eigenvalue weighted by Crippen LogP contribution is -2.30. The first kappa shape index (κ1) is 94.9. The summed E-state index contributed by atoms with van der Waals surface area (Å²) in [6.07, 6.45) is 81.3. The van der Waals surface area contributed by atoms with E-state index in [-0.39, 0.29) is 25.7 Å². The zero-order valence-electron chi connectivity index (χ0n) is 62.1. The Kier molecular flexibility index (Phi) is 68.6. The summed E-state index contributed by atoms with van der Waals surface area (Å²) in [5.74, 6) is -2.30. The molecule has 0 amide bonds. The molecule has 5 atom stereocenters. The van der Waals surface area contributed by atoms with Gasteiger partial charge in [0.05, 0.1) is 26.4 Å². The Bertz CT molecular complexity index is 2470. The second-order valence-electron chi connectivity index (χ2n) is 24.8. The van der Waals surface area contributed by atoms with Crippen LogP contribution in [0.5, 0.6) is 0 Å². The van der Waals surface area contributed by atoms with E-state index in [1.807, 2.05) is 12.2 Å². The van der Waals surface area contributed by atoms with Gasteiger partial charge in [0.1, 0.15) is 19.3 Å². The standard InChI is InChI=1S/C81H134O17P2/c1-5-9-13-17-21-25-29-33-35-37-39-43-45-49-53-57-61-65-78(83)91-71-76(97-80(85)67-63-59-55-51-47-41-31-27-23-19-15-11-7-3)73-95-99(87,88)93-69-75(82)70-94-100(89,90)96-74-77(98-81(86)68-64-60-56-52-48-42-32-28-24-20-16-12-8-4)72-92-79(84)66-62-58-54-50-46-44-40-38-36-34-30-26-22-18-14-10-6-2/h9-10,13-15,19,21-22,25-28,31-36,39-40,43-44,50,54,75-77,82H,5-8,11-12,16-18,20,23-24,29-30,37-38,41-42,45-49,51-53,55-74H2,1-4H3,(H,87,88)(H,89,90)/b13-9-,14-10-,19-15-,25-21-,26-22-,31-27-,32-28-,35-33-,36-34-,43-39-,44-40-,54-50-. The number of phosphoric acid groups is 2.